The quantitative estimate of drug-likeness (QED) is 0.623. The summed E-state index contributed by atoms with van der Waals surface area (Å²) in [4.78, 5) is 31.5. The van der Waals surface area contributed by atoms with Crippen LogP contribution in [0.15, 0.2) is 34.2 Å². The van der Waals surface area contributed by atoms with E-state index in [0.29, 0.717) is 10.7 Å². The third-order valence-electron chi connectivity index (χ3n) is 4.01. The van der Waals surface area contributed by atoms with Crippen LogP contribution in [0.2, 0.25) is 0 Å². The van der Waals surface area contributed by atoms with E-state index in [1.54, 1.807) is 0 Å². The topological polar surface area (TPSA) is 74.8 Å². The molecule has 1 aliphatic heterocycles. The number of nitrogens with zero attached hydrogens (tertiary/aromatic N) is 1. The number of H-pyrrole nitrogens is 1. The maximum Gasteiger partial charge on any atom is 0.416 e. The number of hydrogen-bond acceptors (Lipinski definition) is 4. The number of halogens is 3. The predicted molar refractivity (Wildman–Crippen MR) is 92.4 cm³/mol. The smallest absolute Gasteiger partial charge is 0.310 e. The van der Waals surface area contributed by atoms with E-state index in [2.05, 4.69) is 15.3 Å². The first-order valence-corrected chi connectivity index (χ1v) is 9.02. The highest BCUT2D eigenvalue weighted by molar-refractivity contribution is 7.99. The average molecular weight is 383 g/mol. The minimum Gasteiger partial charge on any atom is -0.310 e. The van der Waals surface area contributed by atoms with Crippen LogP contribution in [-0.4, -0.2) is 21.6 Å². The Morgan fingerprint density at radius 3 is 2.54 bits per heavy atom. The summed E-state index contributed by atoms with van der Waals surface area (Å²) in [6, 6.07) is 4.51. The second-order valence-corrected chi connectivity index (χ2v) is 6.99. The Morgan fingerprint density at radius 2 is 1.92 bits per heavy atom. The van der Waals surface area contributed by atoms with Gasteiger partial charge in [0.25, 0.3) is 5.56 Å². The highest BCUT2D eigenvalue weighted by Crippen LogP contribution is 2.36. The van der Waals surface area contributed by atoms with Crippen LogP contribution in [0.1, 0.15) is 42.4 Å². The van der Waals surface area contributed by atoms with Crippen LogP contribution >= 0.6 is 11.8 Å². The van der Waals surface area contributed by atoms with Crippen molar-refractivity contribution in [3.05, 3.63) is 51.3 Å². The van der Waals surface area contributed by atoms with E-state index >= 15 is 0 Å². The zero-order valence-corrected chi connectivity index (χ0v) is 14.6. The molecule has 0 saturated carbocycles. The van der Waals surface area contributed by atoms with Crippen molar-refractivity contribution in [3.8, 4) is 0 Å². The Labute approximate surface area is 151 Å². The fraction of sp³-hybridized carbons (Fsp3) is 0.353. The summed E-state index contributed by atoms with van der Waals surface area (Å²) < 4.78 is 38.2. The monoisotopic (exact) mass is 383 g/mol. The molecule has 1 aliphatic rings. The first kappa shape index (κ1) is 18.5. The Kier molecular flexibility index (Phi) is 5.08. The van der Waals surface area contributed by atoms with Gasteiger partial charge in [-0.2, -0.15) is 13.2 Å². The number of aromatic nitrogens is 2. The van der Waals surface area contributed by atoms with Crippen molar-refractivity contribution in [2.75, 3.05) is 11.1 Å². The normalized spacial score (nSPS) is 16.9. The van der Waals surface area contributed by atoms with Gasteiger partial charge in [-0.15, -0.1) is 0 Å². The number of carbonyl (C=O) groups excluding carboxylic acids is 1. The second-order valence-electron chi connectivity index (χ2n) is 5.91. The minimum atomic E-state index is -4.44. The maximum atomic E-state index is 12.7. The lowest BCUT2D eigenvalue weighted by atomic mass is 9.86. The van der Waals surface area contributed by atoms with E-state index in [1.807, 2.05) is 6.92 Å². The fourth-order valence-electron chi connectivity index (χ4n) is 2.81. The van der Waals surface area contributed by atoms with Crippen molar-refractivity contribution in [3.63, 3.8) is 0 Å². The number of rotatable bonds is 4. The molecule has 0 bridgehead atoms. The SMILES string of the molecule is CCCSc1nc2c(c(=O)[nH]1)[C@@H](c1ccc(C(F)(F)F)cc1)CC(=O)N2. The molecule has 2 N–H and O–H groups in total. The lowest BCUT2D eigenvalue weighted by Crippen LogP contribution is -2.31. The molecule has 0 saturated heterocycles. The van der Waals surface area contributed by atoms with Crippen LogP contribution in [-0.2, 0) is 11.0 Å². The van der Waals surface area contributed by atoms with Crippen LogP contribution < -0.4 is 10.9 Å². The number of hydrogen-bond donors (Lipinski definition) is 2. The van der Waals surface area contributed by atoms with E-state index in [1.165, 1.54) is 23.9 Å². The van der Waals surface area contributed by atoms with Crippen LogP contribution in [0.4, 0.5) is 19.0 Å². The van der Waals surface area contributed by atoms with Crippen molar-refractivity contribution in [1.82, 2.24) is 9.97 Å². The zero-order valence-electron chi connectivity index (χ0n) is 13.8. The summed E-state index contributed by atoms with van der Waals surface area (Å²) >= 11 is 1.37. The number of carbonyl (C=O) groups is 1. The van der Waals surface area contributed by atoms with Crippen LogP contribution in [0, 0.1) is 0 Å². The van der Waals surface area contributed by atoms with E-state index in [-0.39, 0.29) is 23.7 Å². The van der Waals surface area contributed by atoms with E-state index in [0.717, 1.165) is 24.3 Å². The number of fused-ring (bicyclic) bond motifs is 1. The number of alkyl halides is 3. The highest BCUT2D eigenvalue weighted by Gasteiger charge is 2.33. The van der Waals surface area contributed by atoms with Gasteiger partial charge in [-0.25, -0.2) is 4.98 Å². The van der Waals surface area contributed by atoms with Gasteiger partial charge in [0.1, 0.15) is 5.82 Å². The standard InChI is InChI=1S/C17H16F3N3O2S/c1-2-7-26-16-22-14-13(15(25)23-16)11(8-12(24)21-14)9-3-5-10(6-4-9)17(18,19)20/h3-6,11H,2,7-8H2,1H3,(H2,21,22,23,24,25)/t11-/m1/s1. The number of aromatic amines is 1. The summed E-state index contributed by atoms with van der Waals surface area (Å²) in [5, 5.41) is 3.00. The Bertz CT molecular complexity index is 878. The van der Waals surface area contributed by atoms with Gasteiger partial charge in [0.2, 0.25) is 5.91 Å². The van der Waals surface area contributed by atoms with Gasteiger partial charge in [-0.3, -0.25) is 9.59 Å². The molecule has 1 aromatic carbocycles. The molecule has 0 radical (unpaired) electrons. The molecule has 1 aromatic heterocycles. The molecular weight excluding hydrogens is 367 g/mol. The Hall–Kier alpha value is -2.29. The minimum absolute atomic E-state index is 0.0232. The fourth-order valence-corrected chi connectivity index (χ4v) is 3.53. The Morgan fingerprint density at radius 1 is 1.23 bits per heavy atom. The Balaban J connectivity index is 2.01. The molecule has 138 valence electrons. The molecule has 9 heteroatoms. The second kappa shape index (κ2) is 7.14. The van der Waals surface area contributed by atoms with Gasteiger partial charge in [-0.05, 0) is 24.1 Å². The molecule has 0 spiro atoms. The molecular formula is C17H16F3N3O2S. The van der Waals surface area contributed by atoms with E-state index in [4.69, 9.17) is 0 Å². The van der Waals surface area contributed by atoms with Crippen molar-refractivity contribution < 1.29 is 18.0 Å². The molecule has 0 aliphatic carbocycles. The van der Waals surface area contributed by atoms with Crippen LogP contribution in [0.3, 0.4) is 0 Å². The van der Waals surface area contributed by atoms with E-state index in [9.17, 15) is 22.8 Å². The number of benzene rings is 1. The van der Waals surface area contributed by atoms with Crippen LogP contribution in [0.25, 0.3) is 0 Å². The molecule has 0 unspecified atom stereocenters. The molecule has 2 aromatic rings. The molecule has 3 rings (SSSR count). The van der Waals surface area contributed by atoms with Crippen molar-refractivity contribution >= 4 is 23.5 Å². The first-order chi connectivity index (χ1) is 12.3. The number of amides is 1. The van der Waals surface area contributed by atoms with Crippen molar-refractivity contribution in [1.29, 1.82) is 0 Å². The molecule has 1 atom stereocenters. The van der Waals surface area contributed by atoms with E-state index < -0.39 is 23.2 Å². The summed E-state index contributed by atoms with van der Waals surface area (Å²) in [5.41, 5.74) is -0.431. The summed E-state index contributed by atoms with van der Waals surface area (Å²) in [7, 11) is 0. The van der Waals surface area contributed by atoms with Gasteiger partial charge in [0, 0.05) is 18.1 Å². The predicted octanol–water partition coefficient (Wildman–Crippen LogP) is 3.76. The van der Waals surface area contributed by atoms with Crippen molar-refractivity contribution in [2.24, 2.45) is 0 Å². The van der Waals surface area contributed by atoms with Gasteiger partial charge < -0.3 is 10.3 Å². The largest absolute Gasteiger partial charge is 0.416 e. The highest BCUT2D eigenvalue weighted by atomic mass is 32.2. The van der Waals surface area contributed by atoms with Crippen molar-refractivity contribution in [2.45, 2.75) is 37.0 Å². The lowest BCUT2D eigenvalue weighted by Gasteiger charge is -2.24. The number of thioether (sulfide) groups is 1. The maximum absolute atomic E-state index is 12.7. The summed E-state index contributed by atoms with van der Waals surface area (Å²) in [5.74, 6) is -0.0270. The molecule has 0 fully saturated rings. The number of anilines is 1. The zero-order chi connectivity index (χ0) is 18.9. The molecule has 2 heterocycles. The third-order valence-corrected chi connectivity index (χ3v) is 5.09. The number of nitrogens with one attached hydrogen (secondary N) is 2. The molecule has 5 nitrogen and oxygen atoms in total. The van der Waals surface area contributed by atoms with Gasteiger partial charge in [0.15, 0.2) is 5.16 Å². The summed E-state index contributed by atoms with van der Waals surface area (Å²) in [6.45, 7) is 1.99. The van der Waals surface area contributed by atoms with Gasteiger partial charge in [-0.1, -0.05) is 30.8 Å². The summed E-state index contributed by atoms with van der Waals surface area (Å²) in [6.07, 6.45) is -3.57. The molecule has 1 amide bonds. The third kappa shape index (κ3) is 3.77. The van der Waals surface area contributed by atoms with Gasteiger partial charge in [0.05, 0.1) is 11.1 Å². The molecule has 26 heavy (non-hydrogen) atoms. The van der Waals surface area contributed by atoms with Crippen LogP contribution in [0.5, 0.6) is 0 Å². The lowest BCUT2D eigenvalue weighted by molar-refractivity contribution is -0.137. The first-order valence-electron chi connectivity index (χ1n) is 8.03. The average Bonchev–Trinajstić information content (AvgIpc) is 2.58. The van der Waals surface area contributed by atoms with Gasteiger partial charge >= 0.3 is 6.18 Å².